The minimum absolute atomic E-state index is 0.603. The van der Waals surface area contributed by atoms with Gasteiger partial charge >= 0.3 is 0 Å². The van der Waals surface area contributed by atoms with Crippen LogP contribution in [0.4, 0.5) is 0 Å². The molecular formula is C14H17N3OS. The third-order valence-electron chi connectivity index (χ3n) is 4.35. The lowest BCUT2D eigenvalue weighted by atomic mass is 9.81. The molecule has 0 aliphatic carbocycles. The molecule has 5 heteroatoms. The lowest BCUT2D eigenvalue weighted by molar-refractivity contribution is 0.00738. The van der Waals surface area contributed by atoms with Crippen LogP contribution in [0.1, 0.15) is 37.7 Å². The molecule has 2 aliphatic heterocycles. The molecule has 4 rings (SSSR count). The van der Waals surface area contributed by atoms with Gasteiger partial charge in [0.25, 0.3) is 0 Å². The SMILES string of the molecule is OC1(c2cnc3ccnn3c2)CC2CCCC(C1)S2. The first-order valence-electron chi connectivity index (χ1n) is 6.91. The second-order valence-electron chi connectivity index (χ2n) is 5.73. The van der Waals surface area contributed by atoms with E-state index in [1.807, 2.05) is 18.5 Å². The van der Waals surface area contributed by atoms with E-state index in [1.165, 1.54) is 19.3 Å². The lowest BCUT2D eigenvalue weighted by Gasteiger charge is -2.43. The number of rotatable bonds is 1. The van der Waals surface area contributed by atoms with Gasteiger partial charge in [-0.05, 0) is 25.7 Å². The number of aliphatic hydroxyl groups is 1. The fraction of sp³-hybridized carbons (Fsp3) is 0.571. The summed E-state index contributed by atoms with van der Waals surface area (Å²) < 4.78 is 1.75. The topological polar surface area (TPSA) is 50.4 Å². The third kappa shape index (κ3) is 1.96. The van der Waals surface area contributed by atoms with Gasteiger partial charge in [-0.3, -0.25) is 0 Å². The Balaban J connectivity index is 1.72. The van der Waals surface area contributed by atoms with Gasteiger partial charge in [-0.15, -0.1) is 0 Å². The van der Waals surface area contributed by atoms with E-state index in [4.69, 9.17) is 0 Å². The standard InChI is InChI=1S/C14H17N3OS/c18-14(6-11-2-1-3-12(7-14)19-11)10-8-15-13-4-5-16-17(13)9-10/h4-5,8-9,11-12,18H,1-3,6-7H2. The van der Waals surface area contributed by atoms with Crippen LogP contribution in [0.15, 0.2) is 24.7 Å². The fourth-order valence-corrected chi connectivity index (χ4v) is 5.30. The summed E-state index contributed by atoms with van der Waals surface area (Å²) in [4.78, 5) is 4.39. The maximum atomic E-state index is 11.1. The van der Waals surface area contributed by atoms with Crippen LogP contribution in [0.25, 0.3) is 5.65 Å². The molecule has 2 saturated heterocycles. The summed E-state index contributed by atoms with van der Waals surface area (Å²) in [5.41, 5.74) is 1.03. The van der Waals surface area contributed by atoms with Crippen LogP contribution in [0.5, 0.6) is 0 Å². The summed E-state index contributed by atoms with van der Waals surface area (Å²) in [6.45, 7) is 0. The van der Waals surface area contributed by atoms with Crippen LogP contribution < -0.4 is 0 Å². The molecule has 4 heterocycles. The summed E-state index contributed by atoms with van der Waals surface area (Å²) in [6, 6.07) is 1.87. The average molecular weight is 275 g/mol. The average Bonchev–Trinajstić information content (AvgIpc) is 2.85. The molecule has 0 spiro atoms. The van der Waals surface area contributed by atoms with Crippen molar-refractivity contribution in [2.24, 2.45) is 0 Å². The predicted octanol–water partition coefficient (Wildman–Crippen LogP) is 2.37. The summed E-state index contributed by atoms with van der Waals surface area (Å²) in [7, 11) is 0. The molecule has 2 fully saturated rings. The first kappa shape index (κ1) is 11.7. The van der Waals surface area contributed by atoms with E-state index in [9.17, 15) is 5.11 Å². The molecule has 2 atom stereocenters. The zero-order chi connectivity index (χ0) is 12.9. The molecule has 2 bridgehead atoms. The Morgan fingerprint density at radius 1 is 1.32 bits per heavy atom. The normalized spacial score (nSPS) is 34.6. The third-order valence-corrected chi connectivity index (χ3v) is 5.93. The van der Waals surface area contributed by atoms with Gasteiger partial charge in [0, 0.05) is 34.5 Å². The Kier molecular flexibility index (Phi) is 2.60. The minimum Gasteiger partial charge on any atom is -0.385 e. The van der Waals surface area contributed by atoms with Crippen molar-refractivity contribution in [3.05, 3.63) is 30.2 Å². The number of nitrogens with zero attached hydrogens (tertiary/aromatic N) is 3. The molecule has 19 heavy (non-hydrogen) atoms. The molecule has 4 nitrogen and oxygen atoms in total. The van der Waals surface area contributed by atoms with Gasteiger partial charge in [0.2, 0.25) is 0 Å². The molecule has 0 aromatic carbocycles. The fourth-order valence-electron chi connectivity index (χ4n) is 3.40. The largest absolute Gasteiger partial charge is 0.385 e. The van der Waals surface area contributed by atoms with Crippen LogP contribution in [-0.4, -0.2) is 30.2 Å². The first-order chi connectivity index (χ1) is 9.23. The van der Waals surface area contributed by atoms with E-state index in [1.54, 1.807) is 10.7 Å². The highest BCUT2D eigenvalue weighted by atomic mass is 32.2. The van der Waals surface area contributed by atoms with Crippen LogP contribution >= 0.6 is 11.8 Å². The highest BCUT2D eigenvalue weighted by Crippen LogP contribution is 2.49. The molecule has 0 saturated carbocycles. The number of hydrogen-bond acceptors (Lipinski definition) is 4. The van der Waals surface area contributed by atoms with Crippen molar-refractivity contribution in [1.29, 1.82) is 0 Å². The van der Waals surface area contributed by atoms with Crippen molar-refractivity contribution in [2.45, 2.75) is 48.2 Å². The lowest BCUT2D eigenvalue weighted by Crippen LogP contribution is -2.40. The summed E-state index contributed by atoms with van der Waals surface area (Å²) in [5.74, 6) is 0. The molecule has 0 radical (unpaired) electrons. The van der Waals surface area contributed by atoms with E-state index >= 15 is 0 Å². The van der Waals surface area contributed by atoms with E-state index in [0.29, 0.717) is 10.5 Å². The minimum atomic E-state index is -0.714. The van der Waals surface area contributed by atoms with E-state index < -0.39 is 5.60 Å². The molecule has 2 aromatic rings. The molecule has 2 aliphatic rings. The maximum absolute atomic E-state index is 11.1. The van der Waals surface area contributed by atoms with E-state index in [0.717, 1.165) is 24.1 Å². The second-order valence-corrected chi connectivity index (χ2v) is 7.33. The smallest absolute Gasteiger partial charge is 0.154 e. The number of thioether (sulfide) groups is 1. The van der Waals surface area contributed by atoms with Crippen LogP contribution in [0.2, 0.25) is 0 Å². The first-order valence-corrected chi connectivity index (χ1v) is 7.85. The van der Waals surface area contributed by atoms with Crippen molar-refractivity contribution >= 4 is 17.4 Å². The number of fused-ring (bicyclic) bond motifs is 3. The van der Waals surface area contributed by atoms with Crippen LogP contribution in [0.3, 0.4) is 0 Å². The maximum Gasteiger partial charge on any atom is 0.154 e. The van der Waals surface area contributed by atoms with Crippen molar-refractivity contribution < 1.29 is 5.11 Å². The summed E-state index contributed by atoms with van der Waals surface area (Å²) in [5, 5.41) is 16.5. The highest BCUT2D eigenvalue weighted by Gasteiger charge is 2.42. The Morgan fingerprint density at radius 2 is 2.11 bits per heavy atom. The summed E-state index contributed by atoms with van der Waals surface area (Å²) >= 11 is 2.07. The Bertz CT molecular complexity index is 600. The highest BCUT2D eigenvalue weighted by molar-refractivity contribution is 8.00. The quantitative estimate of drug-likeness (QED) is 0.868. The van der Waals surface area contributed by atoms with Gasteiger partial charge in [0.15, 0.2) is 5.65 Å². The van der Waals surface area contributed by atoms with Crippen LogP contribution in [-0.2, 0) is 5.60 Å². The second kappa shape index (κ2) is 4.21. The Morgan fingerprint density at radius 3 is 2.89 bits per heavy atom. The Labute approximate surface area is 116 Å². The van der Waals surface area contributed by atoms with Gasteiger partial charge in [-0.1, -0.05) is 6.42 Å². The Hall–Kier alpha value is -1.07. The molecule has 2 aromatic heterocycles. The number of aromatic nitrogens is 3. The molecule has 1 N–H and O–H groups in total. The van der Waals surface area contributed by atoms with Gasteiger partial charge in [0.05, 0.1) is 11.8 Å². The van der Waals surface area contributed by atoms with Gasteiger partial charge in [-0.25, -0.2) is 9.50 Å². The van der Waals surface area contributed by atoms with E-state index in [-0.39, 0.29) is 0 Å². The van der Waals surface area contributed by atoms with Crippen LogP contribution in [0, 0.1) is 0 Å². The molecule has 2 unspecified atom stereocenters. The molecular weight excluding hydrogens is 258 g/mol. The van der Waals surface area contributed by atoms with Crippen molar-refractivity contribution in [1.82, 2.24) is 14.6 Å². The predicted molar refractivity (Wildman–Crippen MR) is 75.1 cm³/mol. The van der Waals surface area contributed by atoms with E-state index in [2.05, 4.69) is 21.8 Å². The molecule has 100 valence electrons. The van der Waals surface area contributed by atoms with Crippen molar-refractivity contribution in [3.63, 3.8) is 0 Å². The van der Waals surface area contributed by atoms with Crippen molar-refractivity contribution in [2.75, 3.05) is 0 Å². The molecule has 0 amide bonds. The number of hydrogen-bond donors (Lipinski definition) is 1. The summed E-state index contributed by atoms with van der Waals surface area (Å²) in [6.07, 6.45) is 11.0. The monoisotopic (exact) mass is 275 g/mol. The zero-order valence-corrected chi connectivity index (χ0v) is 11.5. The van der Waals surface area contributed by atoms with Gasteiger partial charge in [0.1, 0.15) is 0 Å². The van der Waals surface area contributed by atoms with Gasteiger partial charge < -0.3 is 5.11 Å². The van der Waals surface area contributed by atoms with Crippen molar-refractivity contribution in [3.8, 4) is 0 Å². The van der Waals surface area contributed by atoms with Gasteiger partial charge in [-0.2, -0.15) is 16.9 Å². The zero-order valence-electron chi connectivity index (χ0n) is 10.7.